The zero-order valence-electron chi connectivity index (χ0n) is 7.17. The first-order chi connectivity index (χ1) is 6.25. The standard InChI is InChI=1S/C6H9N5O2/c1-5-7-9-11(8-5)4-10-2-3-13-6(10)12/h2-4H2,1H3. The summed E-state index contributed by atoms with van der Waals surface area (Å²) >= 11 is 0. The predicted octanol–water partition coefficient (Wildman–Crippen LogP) is -0.609. The molecule has 0 radical (unpaired) electrons. The minimum Gasteiger partial charge on any atom is -0.447 e. The first-order valence-corrected chi connectivity index (χ1v) is 3.92. The molecule has 1 fully saturated rings. The van der Waals surface area contributed by atoms with Crippen LogP contribution in [0.1, 0.15) is 5.82 Å². The Hall–Kier alpha value is -1.66. The van der Waals surface area contributed by atoms with Gasteiger partial charge in [0.05, 0.1) is 6.54 Å². The molecular weight excluding hydrogens is 174 g/mol. The summed E-state index contributed by atoms with van der Waals surface area (Å²) in [6.07, 6.45) is -0.324. The Bertz CT molecular complexity index is 323. The number of aryl methyl sites for hydroxylation is 1. The van der Waals surface area contributed by atoms with Crippen LogP contribution in [-0.2, 0) is 11.4 Å². The molecule has 0 saturated carbocycles. The molecule has 0 atom stereocenters. The molecule has 1 amide bonds. The molecule has 1 aliphatic rings. The van der Waals surface area contributed by atoms with Crippen molar-refractivity contribution in [1.82, 2.24) is 25.1 Å². The van der Waals surface area contributed by atoms with Crippen LogP contribution in [0, 0.1) is 6.92 Å². The van der Waals surface area contributed by atoms with Crippen LogP contribution < -0.4 is 0 Å². The average molecular weight is 183 g/mol. The predicted molar refractivity (Wildman–Crippen MR) is 40.6 cm³/mol. The largest absolute Gasteiger partial charge is 0.447 e. The highest BCUT2D eigenvalue weighted by Crippen LogP contribution is 2.03. The van der Waals surface area contributed by atoms with Crippen LogP contribution in [0.2, 0.25) is 0 Å². The van der Waals surface area contributed by atoms with Crippen LogP contribution in [0.25, 0.3) is 0 Å². The summed E-state index contributed by atoms with van der Waals surface area (Å²) in [5, 5.41) is 11.4. The number of ether oxygens (including phenoxy) is 1. The normalized spacial score (nSPS) is 16.4. The van der Waals surface area contributed by atoms with Gasteiger partial charge in [-0.2, -0.15) is 0 Å². The highest BCUT2D eigenvalue weighted by Gasteiger charge is 2.22. The van der Waals surface area contributed by atoms with E-state index in [2.05, 4.69) is 15.4 Å². The zero-order chi connectivity index (χ0) is 9.26. The Kier molecular flexibility index (Phi) is 1.84. The Morgan fingerprint density at radius 2 is 2.46 bits per heavy atom. The van der Waals surface area contributed by atoms with E-state index in [1.165, 1.54) is 9.70 Å². The molecule has 0 N–H and O–H groups in total. The highest BCUT2D eigenvalue weighted by molar-refractivity contribution is 5.68. The number of tetrazole rings is 1. The number of hydrogen-bond donors (Lipinski definition) is 0. The lowest BCUT2D eigenvalue weighted by molar-refractivity contribution is 0.147. The molecule has 1 aliphatic heterocycles. The first kappa shape index (κ1) is 7.96. The fourth-order valence-corrected chi connectivity index (χ4v) is 1.09. The number of cyclic esters (lactones) is 1. The number of aromatic nitrogens is 4. The quantitative estimate of drug-likeness (QED) is 0.611. The molecule has 2 heterocycles. The second-order valence-corrected chi connectivity index (χ2v) is 2.73. The summed E-state index contributed by atoms with van der Waals surface area (Å²) in [6, 6.07) is 0. The molecule has 0 aromatic carbocycles. The van der Waals surface area contributed by atoms with Crippen molar-refractivity contribution in [2.75, 3.05) is 13.2 Å². The van der Waals surface area contributed by atoms with E-state index in [9.17, 15) is 4.79 Å². The monoisotopic (exact) mass is 183 g/mol. The minimum atomic E-state index is -0.324. The number of rotatable bonds is 2. The van der Waals surface area contributed by atoms with E-state index < -0.39 is 0 Å². The van der Waals surface area contributed by atoms with E-state index in [0.717, 1.165) is 0 Å². The summed E-state index contributed by atoms with van der Waals surface area (Å²) < 4.78 is 4.74. The van der Waals surface area contributed by atoms with Gasteiger partial charge in [0.25, 0.3) is 0 Å². The Labute approximate surface area is 74.3 Å². The van der Waals surface area contributed by atoms with Crippen molar-refractivity contribution >= 4 is 6.09 Å². The maximum Gasteiger partial charge on any atom is 0.411 e. The summed E-state index contributed by atoms with van der Waals surface area (Å²) in [4.78, 5) is 13.9. The Morgan fingerprint density at radius 1 is 1.62 bits per heavy atom. The van der Waals surface area contributed by atoms with Crippen molar-refractivity contribution in [2.24, 2.45) is 0 Å². The minimum absolute atomic E-state index is 0.305. The van der Waals surface area contributed by atoms with Crippen molar-refractivity contribution in [3.63, 3.8) is 0 Å². The molecule has 70 valence electrons. The van der Waals surface area contributed by atoms with Gasteiger partial charge in [-0.05, 0) is 12.1 Å². The third-order valence-corrected chi connectivity index (χ3v) is 1.69. The molecule has 0 aliphatic carbocycles. The number of carbonyl (C=O) groups excluding carboxylic acids is 1. The molecule has 1 aromatic rings. The molecule has 1 aromatic heterocycles. The molecule has 0 spiro atoms. The van der Waals surface area contributed by atoms with E-state index in [0.29, 0.717) is 25.6 Å². The van der Waals surface area contributed by atoms with Gasteiger partial charge in [-0.15, -0.1) is 15.0 Å². The SMILES string of the molecule is Cc1nnn(CN2CCOC2=O)n1. The lowest BCUT2D eigenvalue weighted by atomic mass is 10.6. The molecule has 13 heavy (non-hydrogen) atoms. The third-order valence-electron chi connectivity index (χ3n) is 1.69. The summed E-state index contributed by atoms with van der Waals surface area (Å²) in [5.74, 6) is 0.590. The van der Waals surface area contributed by atoms with Gasteiger partial charge < -0.3 is 4.74 Å². The van der Waals surface area contributed by atoms with Crippen molar-refractivity contribution in [3.05, 3.63) is 5.82 Å². The fourth-order valence-electron chi connectivity index (χ4n) is 1.09. The van der Waals surface area contributed by atoms with E-state index in [1.54, 1.807) is 6.92 Å². The van der Waals surface area contributed by atoms with E-state index in [-0.39, 0.29) is 6.09 Å². The van der Waals surface area contributed by atoms with Gasteiger partial charge in [-0.3, -0.25) is 4.90 Å². The van der Waals surface area contributed by atoms with Crippen LogP contribution in [0.5, 0.6) is 0 Å². The third kappa shape index (κ3) is 1.58. The topological polar surface area (TPSA) is 73.1 Å². The summed E-state index contributed by atoms with van der Waals surface area (Å²) in [6.45, 7) is 3.07. The Balaban J connectivity index is 2.01. The molecule has 0 unspecified atom stereocenters. The fraction of sp³-hybridized carbons (Fsp3) is 0.667. The van der Waals surface area contributed by atoms with Crippen molar-refractivity contribution in [1.29, 1.82) is 0 Å². The number of nitrogens with zero attached hydrogens (tertiary/aromatic N) is 5. The van der Waals surface area contributed by atoms with Gasteiger partial charge in [-0.25, -0.2) is 4.79 Å². The summed E-state index contributed by atoms with van der Waals surface area (Å²) in [7, 11) is 0. The average Bonchev–Trinajstić information content (AvgIpc) is 2.64. The van der Waals surface area contributed by atoms with E-state index in [4.69, 9.17) is 4.74 Å². The second kappa shape index (κ2) is 3.00. The molecule has 7 nitrogen and oxygen atoms in total. The zero-order valence-corrected chi connectivity index (χ0v) is 7.17. The van der Waals surface area contributed by atoms with Crippen molar-refractivity contribution < 1.29 is 9.53 Å². The maximum absolute atomic E-state index is 11.0. The van der Waals surface area contributed by atoms with Gasteiger partial charge in [0.2, 0.25) is 0 Å². The van der Waals surface area contributed by atoms with Crippen molar-refractivity contribution in [3.8, 4) is 0 Å². The highest BCUT2D eigenvalue weighted by atomic mass is 16.6. The number of hydrogen-bond acceptors (Lipinski definition) is 5. The molecule has 7 heteroatoms. The Morgan fingerprint density at radius 3 is 3.00 bits per heavy atom. The van der Waals surface area contributed by atoms with Crippen LogP contribution in [0.15, 0.2) is 0 Å². The lowest BCUT2D eigenvalue weighted by Gasteiger charge is -2.09. The van der Waals surface area contributed by atoms with E-state index >= 15 is 0 Å². The van der Waals surface area contributed by atoms with Crippen molar-refractivity contribution in [2.45, 2.75) is 13.6 Å². The van der Waals surface area contributed by atoms with Crippen LogP contribution >= 0.6 is 0 Å². The van der Waals surface area contributed by atoms with Gasteiger partial charge in [-0.1, -0.05) is 0 Å². The van der Waals surface area contributed by atoms with Gasteiger partial charge >= 0.3 is 6.09 Å². The lowest BCUT2D eigenvalue weighted by Crippen LogP contribution is -2.28. The molecule has 2 rings (SSSR count). The molecular formula is C6H9N5O2. The number of carbonyl (C=O) groups is 1. The summed E-state index contributed by atoms with van der Waals surface area (Å²) in [5.41, 5.74) is 0. The van der Waals surface area contributed by atoms with Gasteiger partial charge in [0.1, 0.15) is 13.3 Å². The number of amides is 1. The van der Waals surface area contributed by atoms with Gasteiger partial charge in [0, 0.05) is 0 Å². The maximum atomic E-state index is 11.0. The first-order valence-electron chi connectivity index (χ1n) is 3.92. The van der Waals surface area contributed by atoms with Crippen LogP contribution in [0.4, 0.5) is 4.79 Å². The van der Waals surface area contributed by atoms with E-state index in [1.807, 2.05) is 0 Å². The second-order valence-electron chi connectivity index (χ2n) is 2.73. The smallest absolute Gasteiger partial charge is 0.411 e. The van der Waals surface area contributed by atoms with Gasteiger partial charge in [0.15, 0.2) is 5.82 Å². The van der Waals surface area contributed by atoms with Crippen LogP contribution in [-0.4, -0.2) is 44.4 Å². The van der Waals surface area contributed by atoms with Crippen LogP contribution in [0.3, 0.4) is 0 Å². The molecule has 1 saturated heterocycles. The molecule has 0 bridgehead atoms.